The van der Waals surface area contributed by atoms with Crippen LogP contribution in [0.1, 0.15) is 12.5 Å². The summed E-state index contributed by atoms with van der Waals surface area (Å²) in [6.45, 7) is 5.77. The third-order valence-electron chi connectivity index (χ3n) is 2.65. The van der Waals surface area contributed by atoms with Crippen molar-refractivity contribution in [2.45, 2.75) is 13.8 Å². The summed E-state index contributed by atoms with van der Waals surface area (Å²) in [4.78, 5) is 2.06. The van der Waals surface area contributed by atoms with Gasteiger partial charge in [-0.25, -0.2) is 13.1 Å². The van der Waals surface area contributed by atoms with E-state index in [4.69, 9.17) is 5.73 Å². The van der Waals surface area contributed by atoms with E-state index in [-0.39, 0.29) is 0 Å². The number of nitrogen functional groups attached to an aromatic ring is 1. The van der Waals surface area contributed by atoms with Crippen molar-refractivity contribution in [1.82, 2.24) is 4.72 Å². The van der Waals surface area contributed by atoms with Crippen LogP contribution in [0.4, 0.5) is 11.4 Å². The highest BCUT2D eigenvalue weighted by molar-refractivity contribution is 7.88. The highest BCUT2D eigenvalue weighted by Gasteiger charge is 2.09. The Morgan fingerprint density at radius 3 is 2.61 bits per heavy atom. The quantitative estimate of drug-likeness (QED) is 0.755. The number of sulfonamides is 1. The lowest BCUT2D eigenvalue weighted by atomic mass is 10.1. The van der Waals surface area contributed by atoms with E-state index >= 15 is 0 Å². The summed E-state index contributed by atoms with van der Waals surface area (Å²) in [5.41, 5.74) is 8.74. The minimum atomic E-state index is -3.14. The number of benzene rings is 1. The fraction of sp³-hybridized carbons (Fsp3) is 0.500. The van der Waals surface area contributed by atoms with Gasteiger partial charge in [0.05, 0.1) is 17.6 Å². The Morgan fingerprint density at radius 2 is 2.06 bits per heavy atom. The molecular weight excluding hydrogens is 250 g/mol. The summed E-state index contributed by atoms with van der Waals surface area (Å²) in [6, 6.07) is 5.85. The molecule has 0 unspecified atom stereocenters. The average Bonchev–Trinajstić information content (AvgIpc) is 2.27. The molecule has 0 aliphatic rings. The predicted octanol–water partition coefficient (Wildman–Crippen LogP) is 0.953. The van der Waals surface area contributed by atoms with E-state index in [0.29, 0.717) is 18.8 Å². The molecule has 0 radical (unpaired) electrons. The smallest absolute Gasteiger partial charge is 0.208 e. The van der Waals surface area contributed by atoms with Crippen molar-refractivity contribution >= 4 is 21.4 Å². The van der Waals surface area contributed by atoms with Crippen molar-refractivity contribution in [1.29, 1.82) is 0 Å². The zero-order valence-corrected chi connectivity index (χ0v) is 11.9. The third-order valence-corrected chi connectivity index (χ3v) is 3.38. The molecule has 102 valence electrons. The minimum Gasteiger partial charge on any atom is -0.397 e. The van der Waals surface area contributed by atoms with Crippen molar-refractivity contribution in [3.05, 3.63) is 23.8 Å². The van der Waals surface area contributed by atoms with Crippen LogP contribution in [-0.2, 0) is 10.0 Å². The molecule has 0 heterocycles. The zero-order valence-electron chi connectivity index (χ0n) is 11.1. The first-order valence-corrected chi connectivity index (χ1v) is 7.78. The molecule has 0 saturated carbocycles. The van der Waals surface area contributed by atoms with Crippen molar-refractivity contribution in [3.8, 4) is 0 Å². The minimum absolute atomic E-state index is 0.375. The standard InChI is InChI=1S/C12H21N3O2S/c1-4-15(8-7-14-18(3,16)17)12-9-10(2)5-6-11(12)13/h5-6,9,14H,4,7-8,13H2,1-3H3. The van der Waals surface area contributed by atoms with Crippen LogP contribution in [0, 0.1) is 6.92 Å². The van der Waals surface area contributed by atoms with E-state index in [0.717, 1.165) is 24.1 Å². The Bertz CT molecular complexity index is 500. The molecule has 1 rings (SSSR count). The van der Waals surface area contributed by atoms with E-state index in [1.54, 1.807) is 0 Å². The molecule has 18 heavy (non-hydrogen) atoms. The number of anilines is 2. The molecule has 0 amide bonds. The molecule has 0 fully saturated rings. The van der Waals surface area contributed by atoms with Gasteiger partial charge < -0.3 is 10.6 Å². The monoisotopic (exact) mass is 271 g/mol. The lowest BCUT2D eigenvalue weighted by molar-refractivity contribution is 0.587. The molecule has 5 nitrogen and oxygen atoms in total. The van der Waals surface area contributed by atoms with Crippen LogP contribution in [0.2, 0.25) is 0 Å². The van der Waals surface area contributed by atoms with E-state index < -0.39 is 10.0 Å². The molecule has 0 bridgehead atoms. The van der Waals surface area contributed by atoms with Crippen LogP contribution in [0.5, 0.6) is 0 Å². The topological polar surface area (TPSA) is 75.4 Å². The largest absolute Gasteiger partial charge is 0.397 e. The van der Waals surface area contributed by atoms with Gasteiger partial charge in [-0.05, 0) is 31.5 Å². The highest BCUT2D eigenvalue weighted by atomic mass is 32.2. The molecule has 0 aliphatic carbocycles. The maximum atomic E-state index is 11.0. The number of nitrogens with one attached hydrogen (secondary N) is 1. The highest BCUT2D eigenvalue weighted by Crippen LogP contribution is 2.23. The van der Waals surface area contributed by atoms with Gasteiger partial charge in [0, 0.05) is 19.6 Å². The predicted molar refractivity (Wildman–Crippen MR) is 76.3 cm³/mol. The normalized spacial score (nSPS) is 11.5. The Morgan fingerprint density at radius 1 is 1.39 bits per heavy atom. The first-order valence-electron chi connectivity index (χ1n) is 5.89. The van der Waals surface area contributed by atoms with Gasteiger partial charge in [0.25, 0.3) is 0 Å². The van der Waals surface area contributed by atoms with Crippen molar-refractivity contribution in [2.75, 3.05) is 36.5 Å². The van der Waals surface area contributed by atoms with Gasteiger partial charge >= 0.3 is 0 Å². The summed E-state index contributed by atoms with van der Waals surface area (Å²) in [7, 11) is -3.14. The molecule has 0 aromatic heterocycles. The lowest BCUT2D eigenvalue weighted by Crippen LogP contribution is -2.34. The van der Waals surface area contributed by atoms with Crippen LogP contribution in [-0.4, -0.2) is 34.3 Å². The molecule has 0 saturated heterocycles. The number of hydrogen-bond acceptors (Lipinski definition) is 4. The van der Waals surface area contributed by atoms with Gasteiger partial charge in [0.1, 0.15) is 0 Å². The van der Waals surface area contributed by atoms with Gasteiger partial charge in [-0.2, -0.15) is 0 Å². The molecular formula is C12H21N3O2S. The second-order valence-corrected chi connectivity index (χ2v) is 6.14. The summed E-state index contributed by atoms with van der Waals surface area (Å²) < 4.78 is 24.5. The fourth-order valence-electron chi connectivity index (χ4n) is 1.74. The molecule has 1 aromatic rings. The summed E-state index contributed by atoms with van der Waals surface area (Å²) in [6.07, 6.45) is 1.16. The Kier molecular flexibility index (Phi) is 4.98. The maximum Gasteiger partial charge on any atom is 0.208 e. The van der Waals surface area contributed by atoms with Gasteiger partial charge in [-0.1, -0.05) is 6.07 Å². The van der Waals surface area contributed by atoms with Crippen LogP contribution >= 0.6 is 0 Å². The molecule has 0 atom stereocenters. The number of hydrogen-bond donors (Lipinski definition) is 2. The molecule has 0 spiro atoms. The Hall–Kier alpha value is -1.27. The Labute approximate surface area is 109 Å². The zero-order chi connectivity index (χ0) is 13.8. The fourth-order valence-corrected chi connectivity index (χ4v) is 2.20. The molecule has 1 aromatic carbocycles. The third kappa shape index (κ3) is 4.54. The number of aryl methyl sites for hydroxylation is 1. The van der Waals surface area contributed by atoms with E-state index in [1.807, 2.05) is 32.0 Å². The number of nitrogens with two attached hydrogens (primary N) is 1. The summed E-state index contributed by atoms with van der Waals surface area (Å²) in [5.74, 6) is 0. The number of likely N-dealkylation sites (N-methyl/N-ethyl adjacent to an activating group) is 1. The van der Waals surface area contributed by atoms with Gasteiger partial charge in [0.2, 0.25) is 10.0 Å². The van der Waals surface area contributed by atoms with Crippen LogP contribution < -0.4 is 15.4 Å². The van der Waals surface area contributed by atoms with Gasteiger partial charge in [0.15, 0.2) is 0 Å². The Balaban J connectivity index is 2.74. The molecule has 6 heteroatoms. The van der Waals surface area contributed by atoms with Crippen molar-refractivity contribution in [3.63, 3.8) is 0 Å². The second kappa shape index (κ2) is 6.06. The van der Waals surface area contributed by atoms with E-state index in [9.17, 15) is 8.42 Å². The average molecular weight is 271 g/mol. The summed E-state index contributed by atoms with van der Waals surface area (Å²) in [5, 5.41) is 0. The summed E-state index contributed by atoms with van der Waals surface area (Å²) >= 11 is 0. The first kappa shape index (κ1) is 14.8. The number of nitrogens with zero attached hydrogens (tertiary/aromatic N) is 1. The van der Waals surface area contributed by atoms with Crippen molar-refractivity contribution in [2.24, 2.45) is 0 Å². The van der Waals surface area contributed by atoms with Crippen LogP contribution in [0.3, 0.4) is 0 Å². The first-order chi connectivity index (χ1) is 8.33. The van der Waals surface area contributed by atoms with Crippen molar-refractivity contribution < 1.29 is 8.42 Å². The van der Waals surface area contributed by atoms with Gasteiger partial charge in [-0.3, -0.25) is 0 Å². The maximum absolute atomic E-state index is 11.0. The second-order valence-electron chi connectivity index (χ2n) is 4.31. The van der Waals surface area contributed by atoms with E-state index in [1.165, 1.54) is 0 Å². The van der Waals surface area contributed by atoms with E-state index in [2.05, 4.69) is 9.62 Å². The SMILES string of the molecule is CCN(CCNS(C)(=O)=O)c1cc(C)ccc1N. The van der Waals surface area contributed by atoms with Gasteiger partial charge in [-0.15, -0.1) is 0 Å². The molecule has 0 aliphatic heterocycles. The van der Waals surface area contributed by atoms with Crippen LogP contribution in [0.15, 0.2) is 18.2 Å². The molecule has 3 N–H and O–H groups in total. The van der Waals surface area contributed by atoms with Crippen LogP contribution in [0.25, 0.3) is 0 Å². The number of rotatable bonds is 6. The lowest BCUT2D eigenvalue weighted by Gasteiger charge is -2.25.